The minimum absolute atomic E-state index is 0.227. The Balaban J connectivity index is 0.000000441. The van der Waals surface area contributed by atoms with E-state index in [1.54, 1.807) is 6.92 Å². The van der Waals surface area contributed by atoms with Crippen molar-refractivity contribution in [3.8, 4) is 5.75 Å². The molecule has 0 aliphatic rings. The van der Waals surface area contributed by atoms with Crippen molar-refractivity contribution in [1.29, 1.82) is 0 Å². The molecule has 0 aliphatic carbocycles. The number of carbonyl (C=O) groups is 1. The van der Waals surface area contributed by atoms with Crippen LogP contribution in [-0.4, -0.2) is 62.8 Å². The fourth-order valence-electron chi connectivity index (χ4n) is 1.39. The summed E-state index contributed by atoms with van der Waals surface area (Å²) in [6, 6.07) is 3.64. The van der Waals surface area contributed by atoms with E-state index in [2.05, 4.69) is 27.7 Å². The fraction of sp³-hybridized carbons (Fsp3) is 0.438. The van der Waals surface area contributed by atoms with Crippen LogP contribution in [0.2, 0.25) is 0 Å². The summed E-state index contributed by atoms with van der Waals surface area (Å²) in [6.45, 7) is 7.90. The van der Waals surface area contributed by atoms with Crippen LogP contribution >= 0.6 is 0 Å². The number of carbonyl (C=O) groups excluding carboxylic acids is 1. The number of likely N-dealkylation sites (N-methyl/N-ethyl adjacent to an activating group) is 1. The number of quaternary nitrogens is 1. The Hall–Kier alpha value is -1.90. The van der Waals surface area contributed by atoms with Gasteiger partial charge in [0.1, 0.15) is 29.0 Å². The maximum absolute atomic E-state index is 10.9. The summed E-state index contributed by atoms with van der Waals surface area (Å²) in [4.78, 5) is 10.5. The van der Waals surface area contributed by atoms with Crippen molar-refractivity contribution < 1.29 is 32.1 Å². The molecule has 0 unspecified atom stereocenters. The van der Waals surface area contributed by atoms with Crippen molar-refractivity contribution in [1.82, 2.24) is 0 Å². The zero-order chi connectivity index (χ0) is 19.1. The van der Waals surface area contributed by atoms with Crippen LogP contribution in [0.1, 0.15) is 12.5 Å². The molecule has 8 heteroatoms. The molecule has 1 aromatic carbocycles. The summed E-state index contributed by atoms with van der Waals surface area (Å²) in [7, 11) is 1.68. The Morgan fingerprint density at radius 3 is 2.25 bits per heavy atom. The predicted molar refractivity (Wildman–Crippen MR) is 89.5 cm³/mol. The minimum atomic E-state index is -4.47. The Labute approximate surface area is 143 Å². The lowest BCUT2D eigenvalue weighted by Gasteiger charge is -2.23. The quantitative estimate of drug-likeness (QED) is 0.369. The number of phenolic OH excluding ortho intramolecular Hbond substituents is 1. The predicted octanol–water partition coefficient (Wildman–Crippen LogP) is 1.42. The van der Waals surface area contributed by atoms with Gasteiger partial charge in [0.15, 0.2) is 0 Å². The van der Waals surface area contributed by atoms with Crippen molar-refractivity contribution in [2.45, 2.75) is 18.7 Å². The molecule has 1 aromatic rings. The van der Waals surface area contributed by atoms with Crippen LogP contribution in [0.5, 0.6) is 5.75 Å². The SMILES string of the molecule is C=C(C)C(=O)OCC[N+](C)(C)C.Cc1ccc(O)cc1S(=O)(=O)[O-]. The van der Waals surface area contributed by atoms with Crippen molar-refractivity contribution in [2.24, 2.45) is 0 Å². The maximum atomic E-state index is 10.9. The first kappa shape index (κ1) is 22.1. The van der Waals surface area contributed by atoms with Crippen LogP contribution in [-0.2, 0) is 19.6 Å². The van der Waals surface area contributed by atoms with Crippen LogP contribution in [0.25, 0.3) is 0 Å². The van der Waals surface area contributed by atoms with Gasteiger partial charge in [0.2, 0.25) is 0 Å². The molecular weight excluding hydrogens is 334 g/mol. The Kier molecular flexibility index (Phi) is 8.12. The molecule has 0 bridgehead atoms. The number of hydrogen-bond acceptors (Lipinski definition) is 6. The number of esters is 1. The molecule has 0 amide bonds. The Bertz CT molecular complexity index is 689. The molecule has 0 radical (unpaired) electrons. The van der Waals surface area contributed by atoms with Crippen LogP contribution < -0.4 is 0 Å². The Morgan fingerprint density at radius 1 is 1.33 bits per heavy atom. The van der Waals surface area contributed by atoms with E-state index in [-0.39, 0.29) is 16.6 Å². The standard InChI is InChI=1S/C9H18NO2.C7H8O4S/c1-8(2)9(11)12-7-6-10(3,4)5;1-5-2-3-6(8)4-7(5)12(9,10)11/h1,6-7H2,2-5H3;2-4,8H,1H3,(H,9,10,11)/q+1;/p-1. The van der Waals surface area contributed by atoms with Gasteiger partial charge in [-0.3, -0.25) is 0 Å². The van der Waals surface area contributed by atoms with Gasteiger partial charge in [-0.25, -0.2) is 13.2 Å². The number of ether oxygens (including phenoxy) is 1. The highest BCUT2D eigenvalue weighted by molar-refractivity contribution is 7.85. The molecule has 1 rings (SSSR count). The molecule has 0 spiro atoms. The van der Waals surface area contributed by atoms with E-state index in [1.807, 2.05) is 0 Å². The third kappa shape index (κ3) is 9.29. The summed E-state index contributed by atoms with van der Waals surface area (Å²) in [5.41, 5.74) is 0.791. The van der Waals surface area contributed by atoms with E-state index >= 15 is 0 Å². The van der Waals surface area contributed by atoms with Gasteiger partial charge in [0, 0.05) is 5.57 Å². The third-order valence-electron chi connectivity index (χ3n) is 2.78. The first-order valence-electron chi connectivity index (χ1n) is 7.12. The van der Waals surface area contributed by atoms with Gasteiger partial charge in [-0.2, -0.15) is 0 Å². The number of benzene rings is 1. The number of aryl methyl sites for hydroxylation is 1. The Morgan fingerprint density at radius 2 is 1.88 bits per heavy atom. The highest BCUT2D eigenvalue weighted by Crippen LogP contribution is 2.19. The molecule has 0 saturated heterocycles. The molecule has 0 atom stereocenters. The van der Waals surface area contributed by atoms with Crippen molar-refractivity contribution >= 4 is 16.1 Å². The normalized spacial score (nSPS) is 11.2. The highest BCUT2D eigenvalue weighted by Gasteiger charge is 2.09. The number of aromatic hydroxyl groups is 1. The van der Waals surface area contributed by atoms with E-state index < -0.39 is 10.1 Å². The second-order valence-corrected chi connectivity index (χ2v) is 7.68. The largest absolute Gasteiger partial charge is 0.744 e. The summed E-state index contributed by atoms with van der Waals surface area (Å²) in [5, 5.41) is 8.90. The molecule has 24 heavy (non-hydrogen) atoms. The smallest absolute Gasteiger partial charge is 0.333 e. The number of phenols is 1. The zero-order valence-electron chi connectivity index (χ0n) is 14.7. The van der Waals surface area contributed by atoms with Crippen LogP contribution in [0.15, 0.2) is 35.2 Å². The third-order valence-corrected chi connectivity index (χ3v) is 3.76. The van der Waals surface area contributed by atoms with Gasteiger partial charge in [-0.05, 0) is 31.5 Å². The minimum Gasteiger partial charge on any atom is -0.744 e. The average Bonchev–Trinajstić information content (AvgIpc) is 2.39. The lowest BCUT2D eigenvalue weighted by Crippen LogP contribution is -2.38. The lowest BCUT2D eigenvalue weighted by molar-refractivity contribution is -0.870. The molecular formula is C16H25NO6S. The topological polar surface area (TPSA) is 104 Å². The van der Waals surface area contributed by atoms with E-state index in [9.17, 15) is 17.8 Å². The number of nitrogens with zero attached hydrogens (tertiary/aromatic N) is 1. The molecule has 0 heterocycles. The van der Waals surface area contributed by atoms with Gasteiger partial charge >= 0.3 is 5.97 Å². The van der Waals surface area contributed by atoms with Crippen molar-refractivity contribution in [3.63, 3.8) is 0 Å². The number of hydrogen-bond donors (Lipinski definition) is 1. The van der Waals surface area contributed by atoms with E-state index in [0.29, 0.717) is 17.7 Å². The average molecular weight is 359 g/mol. The summed E-state index contributed by atoms with van der Waals surface area (Å²) in [6.07, 6.45) is 0. The first-order valence-corrected chi connectivity index (χ1v) is 8.53. The molecule has 1 N–H and O–H groups in total. The van der Waals surface area contributed by atoms with E-state index in [4.69, 9.17) is 9.84 Å². The van der Waals surface area contributed by atoms with E-state index in [1.165, 1.54) is 19.1 Å². The van der Waals surface area contributed by atoms with Crippen molar-refractivity contribution in [3.05, 3.63) is 35.9 Å². The van der Waals surface area contributed by atoms with Gasteiger partial charge in [-0.1, -0.05) is 12.6 Å². The second kappa shape index (κ2) is 8.81. The fourth-order valence-corrected chi connectivity index (χ4v) is 2.12. The van der Waals surface area contributed by atoms with Gasteiger partial charge < -0.3 is 18.9 Å². The van der Waals surface area contributed by atoms with Gasteiger partial charge in [0.25, 0.3) is 0 Å². The first-order chi connectivity index (χ1) is 10.7. The monoisotopic (exact) mass is 359 g/mol. The zero-order valence-corrected chi connectivity index (χ0v) is 15.5. The highest BCUT2D eigenvalue weighted by atomic mass is 32.2. The second-order valence-electron chi connectivity index (χ2n) is 6.33. The molecule has 0 aliphatic heterocycles. The summed E-state index contributed by atoms with van der Waals surface area (Å²) in [5.74, 6) is -0.529. The molecule has 0 aromatic heterocycles. The number of rotatable bonds is 5. The molecule has 0 fully saturated rings. The molecule has 7 nitrogen and oxygen atoms in total. The molecule has 0 saturated carbocycles. The lowest BCUT2D eigenvalue weighted by atomic mass is 10.2. The van der Waals surface area contributed by atoms with Gasteiger partial charge in [-0.15, -0.1) is 0 Å². The summed E-state index contributed by atoms with van der Waals surface area (Å²) >= 11 is 0. The van der Waals surface area contributed by atoms with Gasteiger partial charge in [0.05, 0.1) is 26.0 Å². The van der Waals surface area contributed by atoms with Crippen LogP contribution in [0, 0.1) is 6.92 Å². The van der Waals surface area contributed by atoms with Crippen LogP contribution in [0.3, 0.4) is 0 Å². The van der Waals surface area contributed by atoms with Crippen LogP contribution in [0.4, 0.5) is 0 Å². The van der Waals surface area contributed by atoms with E-state index in [0.717, 1.165) is 17.1 Å². The van der Waals surface area contributed by atoms with Crippen molar-refractivity contribution in [2.75, 3.05) is 34.3 Å². The maximum Gasteiger partial charge on any atom is 0.333 e. The molecule has 136 valence electrons. The summed E-state index contributed by atoms with van der Waals surface area (Å²) < 4.78 is 37.3.